The Bertz CT molecular complexity index is 530. The fraction of sp³-hybridized carbons (Fsp3) is 0.583. The number of carbonyl (C=O) groups excluding carboxylic acids is 3. The van der Waals surface area contributed by atoms with Gasteiger partial charge in [-0.2, -0.15) is 8.42 Å². The summed E-state index contributed by atoms with van der Waals surface area (Å²) in [5, 5.41) is -1.61. The molecule has 0 aromatic rings. The van der Waals surface area contributed by atoms with Crippen LogP contribution in [0.25, 0.3) is 0 Å². The maximum atomic E-state index is 11.8. The topological polar surface area (TPSA) is 109 Å². The fourth-order valence-electron chi connectivity index (χ4n) is 1.91. The summed E-state index contributed by atoms with van der Waals surface area (Å²) >= 11 is 0. The summed E-state index contributed by atoms with van der Waals surface area (Å²) in [5.41, 5.74) is 0. The third-order valence-corrected chi connectivity index (χ3v) is 4.06. The van der Waals surface area contributed by atoms with Crippen molar-refractivity contribution in [2.24, 2.45) is 5.92 Å². The van der Waals surface area contributed by atoms with E-state index < -0.39 is 33.0 Å². The van der Waals surface area contributed by atoms with Crippen molar-refractivity contribution in [1.82, 2.24) is 4.90 Å². The lowest BCUT2D eigenvalue weighted by Gasteiger charge is -2.18. The first-order valence-electron chi connectivity index (χ1n) is 6.15. The number of carbonyl (C=O) groups is 3. The largest absolute Gasteiger partial charge is 0.298 e. The van der Waals surface area contributed by atoms with Crippen LogP contribution in [0.15, 0.2) is 12.2 Å². The zero-order valence-corrected chi connectivity index (χ0v) is 12.1. The van der Waals surface area contributed by atoms with E-state index in [1.165, 1.54) is 0 Å². The molecule has 0 aromatic carbocycles. The minimum atomic E-state index is -4.56. The zero-order valence-electron chi connectivity index (χ0n) is 11.3. The van der Waals surface area contributed by atoms with Crippen molar-refractivity contribution in [2.45, 2.75) is 31.9 Å². The van der Waals surface area contributed by atoms with E-state index in [2.05, 4.69) is 0 Å². The second-order valence-corrected chi connectivity index (χ2v) is 6.62. The zero-order chi connectivity index (χ0) is 15.5. The van der Waals surface area contributed by atoms with Crippen LogP contribution in [0, 0.1) is 5.92 Å². The Kier molecular flexibility index (Phi) is 5.18. The molecule has 0 aromatic heterocycles. The van der Waals surface area contributed by atoms with Crippen molar-refractivity contribution < 1.29 is 27.4 Å². The molecule has 2 amide bonds. The lowest BCUT2D eigenvalue weighted by molar-refractivity contribution is -0.137. The van der Waals surface area contributed by atoms with Crippen LogP contribution in [0.5, 0.6) is 0 Å². The van der Waals surface area contributed by atoms with Crippen LogP contribution in [-0.2, 0) is 24.5 Å². The average molecular weight is 303 g/mol. The van der Waals surface area contributed by atoms with E-state index in [-0.39, 0.29) is 25.3 Å². The summed E-state index contributed by atoms with van der Waals surface area (Å²) in [6.45, 7) is 3.27. The number of hydrogen-bond donors (Lipinski definition) is 1. The Labute approximate surface area is 117 Å². The Morgan fingerprint density at radius 2 is 1.75 bits per heavy atom. The molecule has 1 rings (SSSR count). The van der Waals surface area contributed by atoms with E-state index in [9.17, 15) is 22.8 Å². The standard InChI is InChI=1S/C12H17NO6S/c1-8(2)7-9(14)10(20(17,18)19)5-6-13-11(15)3-4-12(13)16/h3-4,8,10H,5-7H2,1-2H3,(H,17,18,19). The van der Waals surface area contributed by atoms with Crippen LogP contribution in [-0.4, -0.2) is 47.3 Å². The number of hydrogen-bond acceptors (Lipinski definition) is 5. The molecule has 1 aliphatic heterocycles. The number of ketones is 1. The van der Waals surface area contributed by atoms with Crippen molar-refractivity contribution in [3.8, 4) is 0 Å². The molecule has 8 heteroatoms. The molecule has 7 nitrogen and oxygen atoms in total. The van der Waals surface area contributed by atoms with Gasteiger partial charge in [0.2, 0.25) is 0 Å². The second-order valence-electron chi connectivity index (χ2n) is 5.02. The summed E-state index contributed by atoms with van der Waals surface area (Å²) in [4.78, 5) is 35.3. The van der Waals surface area contributed by atoms with Crippen molar-refractivity contribution in [3.05, 3.63) is 12.2 Å². The van der Waals surface area contributed by atoms with Crippen molar-refractivity contribution in [1.29, 1.82) is 0 Å². The van der Waals surface area contributed by atoms with E-state index in [0.29, 0.717) is 0 Å². The van der Waals surface area contributed by atoms with Crippen LogP contribution in [0.3, 0.4) is 0 Å². The molecule has 0 bridgehead atoms. The van der Waals surface area contributed by atoms with Gasteiger partial charge in [0.25, 0.3) is 21.9 Å². The fourth-order valence-corrected chi connectivity index (χ4v) is 2.74. The van der Waals surface area contributed by atoms with Gasteiger partial charge in [-0.1, -0.05) is 13.8 Å². The van der Waals surface area contributed by atoms with Gasteiger partial charge in [-0.05, 0) is 12.3 Å². The van der Waals surface area contributed by atoms with Gasteiger partial charge in [0.15, 0.2) is 5.78 Å². The summed E-state index contributed by atoms with van der Waals surface area (Å²) in [7, 11) is -4.56. The van der Waals surface area contributed by atoms with Gasteiger partial charge in [0.05, 0.1) is 0 Å². The summed E-state index contributed by atoms with van der Waals surface area (Å²) < 4.78 is 31.6. The lowest BCUT2D eigenvalue weighted by Crippen LogP contribution is -2.38. The van der Waals surface area contributed by atoms with Crippen LogP contribution < -0.4 is 0 Å². The molecule has 1 N–H and O–H groups in total. The van der Waals surface area contributed by atoms with Crippen LogP contribution in [0.2, 0.25) is 0 Å². The number of amides is 2. The highest BCUT2D eigenvalue weighted by molar-refractivity contribution is 7.87. The molecule has 1 atom stereocenters. The predicted octanol–water partition coefficient (Wildman–Crippen LogP) is 0.173. The van der Waals surface area contributed by atoms with Crippen molar-refractivity contribution in [3.63, 3.8) is 0 Å². The van der Waals surface area contributed by atoms with Crippen LogP contribution in [0.1, 0.15) is 26.7 Å². The molecule has 1 unspecified atom stereocenters. The van der Waals surface area contributed by atoms with Gasteiger partial charge in [-0.15, -0.1) is 0 Å². The van der Waals surface area contributed by atoms with Gasteiger partial charge in [-0.25, -0.2) is 0 Å². The Morgan fingerprint density at radius 1 is 1.25 bits per heavy atom. The molecule has 0 saturated carbocycles. The van der Waals surface area contributed by atoms with Crippen molar-refractivity contribution >= 4 is 27.7 Å². The third kappa shape index (κ3) is 4.24. The highest BCUT2D eigenvalue weighted by atomic mass is 32.2. The minimum absolute atomic E-state index is 0.00456. The second kappa shape index (κ2) is 6.27. The number of nitrogens with zero attached hydrogens (tertiary/aromatic N) is 1. The quantitative estimate of drug-likeness (QED) is 0.530. The molecule has 1 aliphatic rings. The summed E-state index contributed by atoms with van der Waals surface area (Å²) in [5.74, 6) is -1.78. The Balaban J connectivity index is 2.75. The van der Waals surface area contributed by atoms with Crippen LogP contribution in [0.4, 0.5) is 0 Å². The first kappa shape index (κ1) is 16.5. The van der Waals surface area contributed by atoms with E-state index in [1.807, 2.05) is 0 Å². The maximum Gasteiger partial charge on any atom is 0.275 e. The van der Waals surface area contributed by atoms with Gasteiger partial charge in [0, 0.05) is 25.1 Å². The molecule has 112 valence electrons. The van der Waals surface area contributed by atoms with Gasteiger partial charge in [0.1, 0.15) is 5.25 Å². The lowest BCUT2D eigenvalue weighted by atomic mass is 10.0. The monoisotopic (exact) mass is 303 g/mol. The highest BCUT2D eigenvalue weighted by Gasteiger charge is 2.33. The molecule has 1 heterocycles. The normalized spacial score (nSPS) is 17.1. The number of rotatable bonds is 7. The molecule has 0 fully saturated rings. The smallest absolute Gasteiger partial charge is 0.275 e. The summed E-state index contributed by atoms with van der Waals surface area (Å²) in [6.07, 6.45) is 1.84. The Morgan fingerprint density at radius 3 is 2.15 bits per heavy atom. The van der Waals surface area contributed by atoms with Crippen LogP contribution >= 0.6 is 0 Å². The van der Waals surface area contributed by atoms with Gasteiger partial charge >= 0.3 is 0 Å². The third-order valence-electron chi connectivity index (χ3n) is 2.84. The van der Waals surface area contributed by atoms with E-state index in [0.717, 1.165) is 17.1 Å². The van der Waals surface area contributed by atoms with Gasteiger partial charge < -0.3 is 0 Å². The maximum absolute atomic E-state index is 11.8. The Hall–Kier alpha value is -1.54. The number of Topliss-reactive ketones (excluding diaryl/α,β-unsaturated/α-hetero) is 1. The van der Waals surface area contributed by atoms with E-state index in [1.54, 1.807) is 13.8 Å². The SMILES string of the molecule is CC(C)CC(=O)C(CCN1C(=O)C=CC1=O)S(=O)(=O)O. The molecule has 20 heavy (non-hydrogen) atoms. The van der Waals surface area contributed by atoms with E-state index in [4.69, 9.17) is 4.55 Å². The molecule has 0 radical (unpaired) electrons. The predicted molar refractivity (Wildman–Crippen MR) is 70.3 cm³/mol. The van der Waals surface area contributed by atoms with E-state index >= 15 is 0 Å². The van der Waals surface area contributed by atoms with Gasteiger partial charge in [-0.3, -0.25) is 23.8 Å². The first-order chi connectivity index (χ1) is 9.12. The molecular weight excluding hydrogens is 286 g/mol. The number of imide groups is 1. The molecule has 0 aliphatic carbocycles. The minimum Gasteiger partial charge on any atom is -0.298 e. The molecule has 0 saturated heterocycles. The first-order valence-corrected chi connectivity index (χ1v) is 7.65. The summed E-state index contributed by atoms with van der Waals surface area (Å²) in [6, 6.07) is 0. The molecular formula is C12H17NO6S. The molecule has 0 spiro atoms. The highest BCUT2D eigenvalue weighted by Crippen LogP contribution is 2.14. The average Bonchev–Trinajstić information content (AvgIpc) is 2.57. The van der Waals surface area contributed by atoms with Crippen molar-refractivity contribution in [2.75, 3.05) is 6.54 Å².